The lowest BCUT2D eigenvalue weighted by molar-refractivity contribution is -0.200. The molecule has 1 atom stereocenters. The van der Waals surface area contributed by atoms with Crippen LogP contribution in [0.3, 0.4) is 0 Å². The maximum absolute atomic E-state index is 13.0. The summed E-state index contributed by atoms with van der Waals surface area (Å²) < 4.78 is 44.1. The number of hydrogen-bond donors (Lipinski definition) is 1. The van der Waals surface area contributed by atoms with Gasteiger partial charge >= 0.3 is 12.3 Å². The minimum atomic E-state index is -4.60. The molecule has 1 N–H and O–H groups in total. The molecule has 162 valence electrons. The lowest BCUT2D eigenvalue weighted by Gasteiger charge is -2.44. The number of nitrogens with zero attached hydrogens (tertiary/aromatic N) is 5. The third-order valence-corrected chi connectivity index (χ3v) is 5.77. The standard InChI is InChI=1S/C17H25F3N6O3/c1-11(17(18,19)20)29-15(28)25-7-4-16(2,5-8-25)24(3)14(27)13-23-22-12-10-21-6-9-26(12)13/h11,21H,4-10H2,1-3H3. The van der Waals surface area contributed by atoms with Crippen molar-refractivity contribution in [3.8, 4) is 0 Å². The van der Waals surface area contributed by atoms with E-state index in [1.807, 2.05) is 6.92 Å². The quantitative estimate of drug-likeness (QED) is 0.798. The fraction of sp³-hybridized carbons (Fsp3) is 0.765. The largest absolute Gasteiger partial charge is 0.437 e. The van der Waals surface area contributed by atoms with E-state index in [0.29, 0.717) is 31.8 Å². The van der Waals surface area contributed by atoms with Gasteiger partial charge in [-0.1, -0.05) is 0 Å². The van der Waals surface area contributed by atoms with Crippen LogP contribution < -0.4 is 5.32 Å². The molecule has 2 amide bonds. The second kappa shape index (κ2) is 7.81. The van der Waals surface area contributed by atoms with Crippen LogP contribution in [0.25, 0.3) is 0 Å². The molecule has 3 rings (SSSR count). The van der Waals surface area contributed by atoms with Crippen LogP contribution in [0.2, 0.25) is 0 Å². The van der Waals surface area contributed by atoms with Crippen LogP contribution in [0, 0.1) is 0 Å². The molecule has 0 saturated carbocycles. The first kappa shape index (κ1) is 21.3. The molecule has 0 bridgehead atoms. The maximum Gasteiger partial charge on any atom is 0.425 e. The monoisotopic (exact) mass is 418 g/mol. The molecule has 0 spiro atoms. The summed E-state index contributed by atoms with van der Waals surface area (Å²) in [6.45, 7) is 4.95. The van der Waals surface area contributed by atoms with Gasteiger partial charge in [-0.3, -0.25) is 4.79 Å². The number of piperidine rings is 1. The highest BCUT2D eigenvalue weighted by Gasteiger charge is 2.42. The van der Waals surface area contributed by atoms with Crippen LogP contribution in [-0.2, 0) is 17.8 Å². The van der Waals surface area contributed by atoms with Crippen LogP contribution >= 0.6 is 0 Å². The van der Waals surface area contributed by atoms with Crippen LogP contribution in [0.1, 0.15) is 43.1 Å². The summed E-state index contributed by atoms with van der Waals surface area (Å²) in [6.07, 6.45) is -6.94. The molecule has 3 heterocycles. The highest BCUT2D eigenvalue weighted by Crippen LogP contribution is 2.30. The summed E-state index contributed by atoms with van der Waals surface area (Å²) in [6, 6.07) is 0. The Labute approximate surface area is 166 Å². The molecule has 1 fully saturated rings. The molecule has 0 aromatic carbocycles. The molecule has 9 nitrogen and oxygen atoms in total. The molecule has 2 aliphatic heterocycles. The van der Waals surface area contributed by atoms with Crippen molar-refractivity contribution < 1.29 is 27.5 Å². The van der Waals surface area contributed by atoms with Crippen molar-refractivity contribution in [2.45, 2.75) is 57.6 Å². The van der Waals surface area contributed by atoms with E-state index in [1.165, 1.54) is 4.90 Å². The molecule has 1 saturated heterocycles. The zero-order chi connectivity index (χ0) is 21.4. The van der Waals surface area contributed by atoms with Crippen molar-refractivity contribution in [3.63, 3.8) is 0 Å². The minimum Gasteiger partial charge on any atom is -0.437 e. The SMILES string of the molecule is CC(OC(=O)N1CCC(C)(N(C)C(=O)c2nnc3n2CCNC3)CC1)C(F)(F)F. The number of carbonyl (C=O) groups is 2. The summed E-state index contributed by atoms with van der Waals surface area (Å²) in [7, 11) is 1.67. The van der Waals surface area contributed by atoms with E-state index in [9.17, 15) is 22.8 Å². The fourth-order valence-corrected chi connectivity index (χ4v) is 3.44. The number of hydrogen-bond acceptors (Lipinski definition) is 6. The molecule has 1 unspecified atom stereocenters. The predicted molar refractivity (Wildman–Crippen MR) is 95.0 cm³/mol. The third-order valence-electron chi connectivity index (χ3n) is 5.77. The van der Waals surface area contributed by atoms with Crippen LogP contribution in [0.4, 0.5) is 18.0 Å². The van der Waals surface area contributed by atoms with Crippen molar-refractivity contribution in [2.75, 3.05) is 26.7 Å². The summed E-state index contributed by atoms with van der Waals surface area (Å²) >= 11 is 0. The Balaban J connectivity index is 1.62. The Morgan fingerprint density at radius 2 is 1.90 bits per heavy atom. The number of alkyl halides is 3. The molecular weight excluding hydrogens is 393 g/mol. The van der Waals surface area contributed by atoms with E-state index in [0.717, 1.165) is 13.5 Å². The second-order valence-corrected chi connectivity index (χ2v) is 7.68. The normalized spacial score (nSPS) is 20.0. The molecule has 2 aliphatic rings. The first-order valence-electron chi connectivity index (χ1n) is 9.46. The summed E-state index contributed by atoms with van der Waals surface area (Å²) in [5.74, 6) is 0.704. The Morgan fingerprint density at radius 3 is 2.52 bits per heavy atom. The van der Waals surface area contributed by atoms with Gasteiger partial charge in [-0.15, -0.1) is 10.2 Å². The van der Waals surface area contributed by atoms with E-state index in [-0.39, 0.29) is 24.8 Å². The number of nitrogens with one attached hydrogen (secondary N) is 1. The van der Waals surface area contributed by atoms with Gasteiger partial charge in [-0.05, 0) is 26.7 Å². The zero-order valence-electron chi connectivity index (χ0n) is 16.6. The number of ether oxygens (including phenoxy) is 1. The van der Waals surface area contributed by atoms with E-state index in [2.05, 4.69) is 20.3 Å². The van der Waals surface area contributed by atoms with E-state index in [1.54, 1.807) is 16.5 Å². The van der Waals surface area contributed by atoms with Gasteiger partial charge in [0.2, 0.25) is 5.82 Å². The Morgan fingerprint density at radius 1 is 1.24 bits per heavy atom. The van der Waals surface area contributed by atoms with E-state index in [4.69, 9.17) is 0 Å². The number of aromatic nitrogens is 3. The summed E-state index contributed by atoms with van der Waals surface area (Å²) in [4.78, 5) is 27.9. The molecule has 1 aromatic rings. The average Bonchev–Trinajstić information content (AvgIpc) is 3.10. The Kier molecular flexibility index (Phi) is 5.74. The van der Waals surface area contributed by atoms with Crippen LogP contribution in [0.15, 0.2) is 0 Å². The topological polar surface area (TPSA) is 92.6 Å². The first-order chi connectivity index (χ1) is 13.5. The molecule has 12 heteroatoms. The van der Waals surface area contributed by atoms with Crippen molar-refractivity contribution in [3.05, 3.63) is 11.6 Å². The summed E-state index contributed by atoms with van der Waals surface area (Å²) in [5.41, 5.74) is -0.567. The number of amides is 2. The molecule has 29 heavy (non-hydrogen) atoms. The number of fused-ring (bicyclic) bond motifs is 1. The smallest absolute Gasteiger partial charge is 0.425 e. The van der Waals surface area contributed by atoms with Gasteiger partial charge in [-0.25, -0.2) is 4.79 Å². The van der Waals surface area contributed by atoms with Gasteiger partial charge in [0.1, 0.15) is 5.82 Å². The molecule has 0 radical (unpaired) electrons. The van der Waals surface area contributed by atoms with Gasteiger partial charge in [0.15, 0.2) is 6.10 Å². The fourth-order valence-electron chi connectivity index (χ4n) is 3.44. The zero-order valence-corrected chi connectivity index (χ0v) is 16.6. The van der Waals surface area contributed by atoms with Gasteiger partial charge in [-0.2, -0.15) is 13.2 Å². The Hall–Kier alpha value is -2.37. The first-order valence-corrected chi connectivity index (χ1v) is 9.46. The lowest BCUT2D eigenvalue weighted by atomic mass is 9.88. The van der Waals surface area contributed by atoms with Crippen molar-refractivity contribution in [1.29, 1.82) is 0 Å². The van der Waals surface area contributed by atoms with Gasteiger partial charge < -0.3 is 24.4 Å². The average molecular weight is 418 g/mol. The number of carbonyl (C=O) groups excluding carboxylic acids is 2. The number of halogens is 3. The Bertz CT molecular complexity index is 773. The van der Waals surface area contributed by atoms with E-state index >= 15 is 0 Å². The second-order valence-electron chi connectivity index (χ2n) is 7.68. The highest BCUT2D eigenvalue weighted by atomic mass is 19.4. The molecule has 1 aromatic heterocycles. The highest BCUT2D eigenvalue weighted by molar-refractivity contribution is 5.91. The van der Waals surface area contributed by atoms with Gasteiger partial charge in [0.05, 0.1) is 6.54 Å². The van der Waals surface area contributed by atoms with Crippen molar-refractivity contribution in [2.24, 2.45) is 0 Å². The van der Waals surface area contributed by atoms with Crippen molar-refractivity contribution in [1.82, 2.24) is 29.9 Å². The lowest BCUT2D eigenvalue weighted by Crippen LogP contribution is -2.55. The van der Waals surface area contributed by atoms with Gasteiger partial charge in [0, 0.05) is 38.8 Å². The molecule has 0 aliphatic carbocycles. The van der Waals surface area contributed by atoms with E-state index < -0.39 is 23.9 Å². The third kappa shape index (κ3) is 4.31. The maximum atomic E-state index is 13.0. The minimum absolute atomic E-state index is 0.194. The number of rotatable bonds is 3. The predicted octanol–water partition coefficient (Wildman–Crippen LogP) is 1.40. The summed E-state index contributed by atoms with van der Waals surface area (Å²) in [5, 5.41) is 11.2. The van der Waals surface area contributed by atoms with Crippen LogP contribution in [0.5, 0.6) is 0 Å². The van der Waals surface area contributed by atoms with Crippen molar-refractivity contribution >= 4 is 12.0 Å². The van der Waals surface area contributed by atoms with Gasteiger partial charge in [0.25, 0.3) is 5.91 Å². The van der Waals surface area contributed by atoms with Crippen LogP contribution in [-0.4, -0.2) is 81.1 Å². The molecular formula is C17H25F3N6O3. The number of likely N-dealkylation sites (tertiary alicyclic amines) is 1.